The van der Waals surface area contributed by atoms with Crippen LogP contribution in [0.15, 0.2) is 18.6 Å². The molecule has 2 aromatic rings. The van der Waals surface area contributed by atoms with Crippen LogP contribution in [0.3, 0.4) is 0 Å². The van der Waals surface area contributed by atoms with Crippen LogP contribution in [0.4, 0.5) is 0 Å². The summed E-state index contributed by atoms with van der Waals surface area (Å²) >= 11 is 20.1. The van der Waals surface area contributed by atoms with E-state index in [0.717, 1.165) is 0 Å². The molecule has 11 heteroatoms. The van der Waals surface area contributed by atoms with E-state index >= 15 is 0 Å². The van der Waals surface area contributed by atoms with E-state index in [0.29, 0.717) is 10.3 Å². The van der Waals surface area contributed by atoms with Gasteiger partial charge in [0, 0.05) is 12.4 Å². The van der Waals surface area contributed by atoms with Gasteiger partial charge in [-0.25, -0.2) is 9.97 Å². The molecule has 2 heterocycles. The molecule has 0 aliphatic heterocycles. The van der Waals surface area contributed by atoms with Crippen LogP contribution in [0, 0.1) is 0 Å². The van der Waals surface area contributed by atoms with Crippen molar-refractivity contribution in [1.29, 1.82) is 0 Å². The standard InChI is InChI=1S/C4H2Cl2N2.C4HCl2N2.4C4H9.ClH.2Sn/c2*5-3-4(6)8-2-1-7-3;4*1-3-4-2;;;/h1-2H;1H;4*1,3-4H2,2H3;1H;;/q;;;;;;;;+1/p-1. The Balaban J connectivity index is 0.000000669. The summed E-state index contributed by atoms with van der Waals surface area (Å²) in [7, 11) is 5.55. The monoisotopic (exact) mass is 798 g/mol. The van der Waals surface area contributed by atoms with Crippen LogP contribution < -0.4 is 3.71 Å². The molecule has 0 amide bonds. The molecule has 0 spiro atoms. The summed E-state index contributed by atoms with van der Waals surface area (Å²) in [5, 5.41) is 1.21. The fourth-order valence-electron chi connectivity index (χ4n) is 3.46. The molecule has 0 N–H and O–H groups in total. The Labute approximate surface area is 250 Å². The summed E-state index contributed by atoms with van der Waals surface area (Å²) in [4.78, 5) is 16.3. The third kappa shape index (κ3) is 16.0. The fourth-order valence-corrected chi connectivity index (χ4v) is 21.5. The molecule has 0 aliphatic carbocycles. The molecular formula is C24H39Cl5N4Sn2. The topological polar surface area (TPSA) is 51.6 Å². The third-order valence-corrected chi connectivity index (χ3v) is 24.6. The van der Waals surface area contributed by atoms with Crippen LogP contribution in [-0.4, -0.2) is 58.3 Å². The molecule has 2 rings (SSSR count). The largest absolute Gasteiger partial charge is 0.240 e. The predicted molar refractivity (Wildman–Crippen MR) is 160 cm³/mol. The zero-order valence-electron chi connectivity index (χ0n) is 21.4. The fraction of sp³-hybridized carbons (Fsp3) is 0.667. The van der Waals surface area contributed by atoms with Crippen LogP contribution in [0.25, 0.3) is 0 Å². The van der Waals surface area contributed by atoms with E-state index in [1.807, 2.05) is 6.20 Å². The van der Waals surface area contributed by atoms with Crippen molar-refractivity contribution in [3.63, 3.8) is 0 Å². The van der Waals surface area contributed by atoms with Gasteiger partial charge in [-0.15, -0.1) is 0 Å². The second-order valence-electron chi connectivity index (χ2n) is 8.30. The van der Waals surface area contributed by atoms with Gasteiger partial charge in [0.25, 0.3) is 0 Å². The van der Waals surface area contributed by atoms with Gasteiger partial charge < -0.3 is 0 Å². The number of nitrogens with zero attached hydrogens (tertiary/aromatic N) is 4. The number of hydrogen-bond donors (Lipinski definition) is 0. The van der Waals surface area contributed by atoms with Gasteiger partial charge in [-0.1, -0.05) is 23.2 Å². The molecule has 0 unspecified atom stereocenters. The van der Waals surface area contributed by atoms with Crippen LogP contribution in [0.5, 0.6) is 0 Å². The first-order valence-electron chi connectivity index (χ1n) is 12.5. The minimum absolute atomic E-state index is 0.245. The van der Waals surface area contributed by atoms with Gasteiger partial charge in [0.1, 0.15) is 0 Å². The molecule has 0 aliphatic rings. The van der Waals surface area contributed by atoms with Gasteiger partial charge in [0.2, 0.25) is 0 Å². The Morgan fingerprint density at radius 3 is 1.40 bits per heavy atom. The maximum absolute atomic E-state index is 6.15. The van der Waals surface area contributed by atoms with Crippen molar-refractivity contribution < 1.29 is 0 Å². The zero-order valence-corrected chi connectivity index (χ0v) is 30.9. The van der Waals surface area contributed by atoms with Gasteiger partial charge in [0.05, 0.1) is 0 Å². The maximum Gasteiger partial charge on any atom is 0.166 e. The van der Waals surface area contributed by atoms with Gasteiger partial charge in [-0.05, 0) is 0 Å². The van der Waals surface area contributed by atoms with Crippen molar-refractivity contribution in [2.45, 2.75) is 96.8 Å². The second kappa shape index (κ2) is 23.1. The van der Waals surface area contributed by atoms with E-state index in [1.165, 1.54) is 85.2 Å². The number of halogens is 5. The Morgan fingerprint density at radius 1 is 0.657 bits per heavy atom. The SMILES string of the molecule is CCC[CH2][Sn]([CH2]CCC)([CH2]CCC)[c]1cnc(Cl)c(Cl)n1.CCC[CH2][Sn][Cl].Clc1nccnc1Cl. The summed E-state index contributed by atoms with van der Waals surface area (Å²) < 4.78 is 6.71. The molecule has 2 radical (unpaired) electrons. The molecule has 0 saturated heterocycles. The number of unbranched alkanes of at least 4 members (excludes halogenated alkanes) is 4. The minimum atomic E-state index is -2.49. The summed E-state index contributed by atoms with van der Waals surface area (Å²) in [5.41, 5.74) is 0. The van der Waals surface area contributed by atoms with E-state index < -0.39 is 18.4 Å². The van der Waals surface area contributed by atoms with Crippen molar-refractivity contribution in [2.75, 3.05) is 0 Å². The van der Waals surface area contributed by atoms with Crippen molar-refractivity contribution >= 4 is 97.4 Å². The molecule has 0 aromatic carbocycles. The summed E-state index contributed by atoms with van der Waals surface area (Å²) in [6, 6.07) is 0. The van der Waals surface area contributed by atoms with E-state index in [1.54, 1.807) is 0 Å². The zero-order chi connectivity index (χ0) is 26.5. The smallest absolute Gasteiger partial charge is 0.166 e. The second-order valence-corrected chi connectivity index (χ2v) is 26.8. The number of hydrogen-bond acceptors (Lipinski definition) is 4. The molecule has 198 valence electrons. The first-order chi connectivity index (χ1) is 16.8. The predicted octanol–water partition coefficient (Wildman–Crippen LogP) is 9.69. The molecule has 0 atom stereocenters. The van der Waals surface area contributed by atoms with Crippen LogP contribution in [0.2, 0.25) is 38.4 Å². The maximum atomic E-state index is 6.15. The molecular weight excluding hydrogens is 759 g/mol. The van der Waals surface area contributed by atoms with Crippen LogP contribution >= 0.6 is 55.3 Å². The van der Waals surface area contributed by atoms with Crippen LogP contribution in [0.1, 0.15) is 79.1 Å². The Hall–Kier alpha value is 1.21. The molecule has 0 bridgehead atoms. The Morgan fingerprint density at radius 2 is 1.09 bits per heavy atom. The van der Waals surface area contributed by atoms with E-state index in [4.69, 9.17) is 55.3 Å². The van der Waals surface area contributed by atoms with Crippen LogP contribution in [-0.2, 0) is 0 Å². The van der Waals surface area contributed by atoms with E-state index in [2.05, 4.69) is 47.6 Å². The normalized spacial score (nSPS) is 10.8. The van der Waals surface area contributed by atoms with Crippen molar-refractivity contribution in [3.8, 4) is 0 Å². The summed E-state index contributed by atoms with van der Waals surface area (Å²) in [6.07, 6.45) is 15.3. The summed E-state index contributed by atoms with van der Waals surface area (Å²) in [5.74, 6) is 0. The quantitative estimate of drug-likeness (QED) is 0.150. The molecule has 2 aromatic heterocycles. The Bertz CT molecular complexity index is 755. The van der Waals surface area contributed by atoms with E-state index in [9.17, 15) is 0 Å². The third-order valence-electron chi connectivity index (χ3n) is 5.50. The van der Waals surface area contributed by atoms with E-state index in [-0.39, 0.29) is 30.3 Å². The van der Waals surface area contributed by atoms with Gasteiger partial charge in [-0.3, -0.25) is 0 Å². The molecule has 35 heavy (non-hydrogen) atoms. The number of rotatable bonds is 13. The minimum Gasteiger partial charge on any atom is -0.240 e. The van der Waals surface area contributed by atoms with Crippen molar-refractivity contribution in [2.24, 2.45) is 0 Å². The average molecular weight is 798 g/mol. The van der Waals surface area contributed by atoms with Gasteiger partial charge in [-0.2, -0.15) is 0 Å². The van der Waals surface area contributed by atoms with Crippen molar-refractivity contribution in [1.82, 2.24) is 19.9 Å². The Kier molecular flexibility index (Phi) is 23.9. The van der Waals surface area contributed by atoms with Crippen molar-refractivity contribution in [3.05, 3.63) is 39.2 Å². The van der Waals surface area contributed by atoms with Gasteiger partial charge >= 0.3 is 198 Å². The number of aromatic nitrogens is 4. The molecule has 0 saturated carbocycles. The first kappa shape index (κ1) is 36.2. The summed E-state index contributed by atoms with van der Waals surface area (Å²) in [6.45, 7) is 9.02. The van der Waals surface area contributed by atoms with Gasteiger partial charge in [0.15, 0.2) is 10.3 Å². The molecule has 0 fully saturated rings. The molecule has 4 nitrogen and oxygen atoms in total. The average Bonchev–Trinajstić information content (AvgIpc) is 2.87. The first-order valence-corrected chi connectivity index (χ1v) is 27.1.